The first-order valence-electron chi connectivity index (χ1n) is 5.47. The molecule has 0 radical (unpaired) electrons. The highest BCUT2D eigenvalue weighted by Crippen LogP contribution is 2.60. The monoisotopic (exact) mass is 246 g/mol. The number of methoxy groups -OCH3 is 1. The summed E-state index contributed by atoms with van der Waals surface area (Å²) in [7, 11) is -2.26. The predicted molar refractivity (Wildman–Crippen MR) is 53.8 cm³/mol. The molecule has 0 aromatic heterocycles. The lowest BCUT2D eigenvalue weighted by molar-refractivity contribution is -0.147. The molecule has 1 saturated heterocycles. The maximum atomic E-state index is 11.8. The van der Waals surface area contributed by atoms with E-state index in [0.717, 1.165) is 6.42 Å². The summed E-state index contributed by atoms with van der Waals surface area (Å²) < 4.78 is 33.5. The summed E-state index contributed by atoms with van der Waals surface area (Å²) in [5, 5.41) is -0.661. The number of carbonyl (C=O) groups is 1. The van der Waals surface area contributed by atoms with Gasteiger partial charge in [-0.25, -0.2) is 0 Å². The van der Waals surface area contributed by atoms with Crippen molar-refractivity contribution in [3.05, 3.63) is 0 Å². The molecule has 6 unspecified atom stereocenters. The lowest BCUT2D eigenvalue weighted by Gasteiger charge is -2.27. The molecule has 16 heavy (non-hydrogen) atoms. The molecule has 6 heteroatoms. The van der Waals surface area contributed by atoms with Crippen LogP contribution in [0.5, 0.6) is 0 Å². The fourth-order valence-corrected chi connectivity index (χ4v) is 5.94. The van der Waals surface area contributed by atoms with Crippen LogP contribution in [0.15, 0.2) is 0 Å². The van der Waals surface area contributed by atoms with E-state index in [4.69, 9.17) is 8.92 Å². The molecule has 2 aliphatic carbocycles. The average molecular weight is 246 g/mol. The predicted octanol–water partition coefficient (Wildman–Crippen LogP) is 0.159. The van der Waals surface area contributed by atoms with Crippen molar-refractivity contribution in [2.75, 3.05) is 7.11 Å². The van der Waals surface area contributed by atoms with Crippen molar-refractivity contribution in [1.29, 1.82) is 0 Å². The van der Waals surface area contributed by atoms with Crippen LogP contribution < -0.4 is 0 Å². The molecule has 6 atom stereocenters. The second-order valence-corrected chi connectivity index (χ2v) is 6.71. The average Bonchev–Trinajstić information content (AvgIpc) is 2.80. The van der Waals surface area contributed by atoms with Gasteiger partial charge in [0.2, 0.25) is 0 Å². The van der Waals surface area contributed by atoms with Gasteiger partial charge in [-0.1, -0.05) is 6.92 Å². The summed E-state index contributed by atoms with van der Waals surface area (Å²) in [6.07, 6.45) is 0.566. The maximum absolute atomic E-state index is 11.8. The minimum atomic E-state index is -3.57. The molecule has 3 fully saturated rings. The van der Waals surface area contributed by atoms with Gasteiger partial charge in [0, 0.05) is 5.92 Å². The number of ether oxygens (including phenoxy) is 1. The van der Waals surface area contributed by atoms with Crippen LogP contribution in [0.3, 0.4) is 0 Å². The summed E-state index contributed by atoms with van der Waals surface area (Å²) in [4.78, 5) is 11.7. The summed E-state index contributed by atoms with van der Waals surface area (Å²) >= 11 is 0. The Balaban J connectivity index is 2.07. The Morgan fingerprint density at radius 3 is 2.69 bits per heavy atom. The van der Waals surface area contributed by atoms with Gasteiger partial charge in [0.15, 0.2) is 0 Å². The molecule has 3 rings (SSSR count). The lowest BCUT2D eigenvalue weighted by Crippen LogP contribution is -2.40. The van der Waals surface area contributed by atoms with Crippen LogP contribution in [0.4, 0.5) is 0 Å². The van der Waals surface area contributed by atoms with Crippen molar-refractivity contribution in [3.8, 4) is 0 Å². The van der Waals surface area contributed by atoms with Crippen LogP contribution >= 0.6 is 0 Å². The van der Waals surface area contributed by atoms with E-state index in [1.54, 1.807) is 0 Å². The number of fused-ring (bicyclic) bond motifs is 1. The van der Waals surface area contributed by atoms with Crippen molar-refractivity contribution in [1.82, 2.24) is 0 Å². The molecule has 1 aliphatic heterocycles. The van der Waals surface area contributed by atoms with Crippen molar-refractivity contribution < 1.29 is 22.1 Å². The van der Waals surface area contributed by atoms with Gasteiger partial charge in [0.1, 0.15) is 5.25 Å². The van der Waals surface area contributed by atoms with Gasteiger partial charge in [-0.3, -0.25) is 8.98 Å². The zero-order chi connectivity index (χ0) is 11.7. The van der Waals surface area contributed by atoms with E-state index in [1.165, 1.54) is 7.11 Å². The number of carbonyl (C=O) groups excluding carboxylic acids is 1. The Hall–Kier alpha value is -0.620. The van der Waals surface area contributed by atoms with Gasteiger partial charge in [-0.15, -0.1) is 0 Å². The largest absolute Gasteiger partial charge is 0.469 e. The molecule has 0 spiro atoms. The first kappa shape index (κ1) is 10.5. The Labute approximate surface area is 94.2 Å². The zero-order valence-corrected chi connectivity index (χ0v) is 9.94. The molecule has 2 bridgehead atoms. The molecular weight excluding hydrogens is 232 g/mol. The van der Waals surface area contributed by atoms with Gasteiger partial charge in [0.05, 0.1) is 19.1 Å². The minimum absolute atomic E-state index is 0.00546. The van der Waals surface area contributed by atoms with Gasteiger partial charge in [-0.2, -0.15) is 8.42 Å². The fraction of sp³-hybridized carbons (Fsp3) is 0.900. The second kappa shape index (κ2) is 2.98. The van der Waals surface area contributed by atoms with Gasteiger partial charge < -0.3 is 4.74 Å². The standard InChI is InChI=1S/C10H14O5S/c1-4-5-3-6-8(4)15-16(12,13)9(6)7(5)10(11)14-2/h4-9H,3H2,1-2H3. The maximum Gasteiger partial charge on any atom is 0.310 e. The van der Waals surface area contributed by atoms with Crippen molar-refractivity contribution in [3.63, 3.8) is 0 Å². The second-order valence-electron chi connectivity index (χ2n) is 4.99. The van der Waals surface area contributed by atoms with E-state index in [1.807, 2.05) is 6.92 Å². The fourth-order valence-electron chi connectivity index (χ4n) is 3.82. The van der Waals surface area contributed by atoms with Crippen molar-refractivity contribution in [2.24, 2.45) is 23.7 Å². The normalized spacial score (nSPS) is 51.9. The topological polar surface area (TPSA) is 69.7 Å². The zero-order valence-electron chi connectivity index (χ0n) is 9.12. The molecule has 5 nitrogen and oxygen atoms in total. The third-order valence-corrected chi connectivity index (χ3v) is 6.25. The highest BCUT2D eigenvalue weighted by Gasteiger charge is 2.69. The van der Waals surface area contributed by atoms with Crippen LogP contribution in [0.1, 0.15) is 13.3 Å². The molecule has 2 saturated carbocycles. The van der Waals surface area contributed by atoms with Crippen LogP contribution in [-0.4, -0.2) is 32.9 Å². The molecule has 0 amide bonds. The van der Waals surface area contributed by atoms with E-state index >= 15 is 0 Å². The van der Waals surface area contributed by atoms with E-state index < -0.39 is 27.3 Å². The molecule has 0 aromatic rings. The molecular formula is C10H14O5S. The van der Waals surface area contributed by atoms with Crippen molar-refractivity contribution in [2.45, 2.75) is 24.7 Å². The highest BCUT2D eigenvalue weighted by atomic mass is 32.2. The Bertz CT molecular complexity index is 442. The highest BCUT2D eigenvalue weighted by molar-refractivity contribution is 7.87. The number of hydrogen-bond donors (Lipinski definition) is 0. The SMILES string of the molecule is COC(=O)C1C2CC3C(OS(=O)(=O)C31)C2C. The van der Waals surface area contributed by atoms with E-state index in [2.05, 4.69) is 0 Å². The van der Waals surface area contributed by atoms with Gasteiger partial charge in [0.25, 0.3) is 10.1 Å². The van der Waals surface area contributed by atoms with Crippen LogP contribution in [-0.2, 0) is 23.8 Å². The Morgan fingerprint density at radius 1 is 1.38 bits per heavy atom. The quantitative estimate of drug-likeness (QED) is 0.487. The van der Waals surface area contributed by atoms with Gasteiger partial charge >= 0.3 is 5.97 Å². The smallest absolute Gasteiger partial charge is 0.310 e. The number of hydrogen-bond acceptors (Lipinski definition) is 5. The molecule has 0 N–H and O–H groups in total. The Morgan fingerprint density at radius 2 is 2.06 bits per heavy atom. The third-order valence-electron chi connectivity index (χ3n) is 4.45. The van der Waals surface area contributed by atoms with E-state index in [0.29, 0.717) is 0 Å². The van der Waals surface area contributed by atoms with Crippen LogP contribution in [0, 0.1) is 23.7 Å². The van der Waals surface area contributed by atoms with Crippen molar-refractivity contribution >= 4 is 16.1 Å². The Kier molecular flexibility index (Phi) is 1.96. The first-order chi connectivity index (χ1) is 7.47. The first-order valence-corrected chi connectivity index (χ1v) is 6.94. The van der Waals surface area contributed by atoms with Gasteiger partial charge in [-0.05, 0) is 18.3 Å². The molecule has 0 aromatic carbocycles. The van der Waals surface area contributed by atoms with Crippen LogP contribution in [0.2, 0.25) is 0 Å². The van der Waals surface area contributed by atoms with Crippen LogP contribution in [0.25, 0.3) is 0 Å². The summed E-state index contributed by atoms with van der Waals surface area (Å²) in [6, 6.07) is 0. The third kappa shape index (κ3) is 1.04. The molecule has 3 aliphatic rings. The van der Waals surface area contributed by atoms with E-state index in [9.17, 15) is 13.2 Å². The molecule has 1 heterocycles. The summed E-state index contributed by atoms with van der Waals surface area (Å²) in [5.74, 6) is -0.702. The minimum Gasteiger partial charge on any atom is -0.469 e. The number of esters is 1. The summed E-state index contributed by atoms with van der Waals surface area (Å²) in [5.41, 5.74) is 0. The summed E-state index contributed by atoms with van der Waals surface area (Å²) in [6.45, 7) is 1.96. The van der Waals surface area contributed by atoms with E-state index in [-0.39, 0.29) is 23.9 Å². The number of rotatable bonds is 1. The lowest BCUT2D eigenvalue weighted by atomic mass is 9.80. The molecule has 90 valence electrons.